The van der Waals surface area contributed by atoms with Crippen LogP contribution in [0.5, 0.6) is 5.75 Å². The number of halogens is 1. The minimum Gasteiger partial charge on any atom is -0.492 e. The number of piperazine rings is 1. The highest BCUT2D eigenvalue weighted by Crippen LogP contribution is 2.25. The molecule has 9 heteroatoms. The third kappa shape index (κ3) is 6.11. The van der Waals surface area contributed by atoms with Crippen molar-refractivity contribution >= 4 is 52.1 Å². The van der Waals surface area contributed by atoms with Gasteiger partial charge in [-0.05, 0) is 61.6 Å². The number of benzene rings is 2. The zero-order valence-electron chi connectivity index (χ0n) is 18.2. The maximum Gasteiger partial charge on any atom is 0.257 e. The van der Waals surface area contributed by atoms with E-state index in [4.69, 9.17) is 28.6 Å². The molecule has 0 saturated carbocycles. The van der Waals surface area contributed by atoms with Crippen LogP contribution in [0.3, 0.4) is 0 Å². The second-order valence-corrected chi connectivity index (χ2v) is 8.07. The number of hydrogen-bond donors (Lipinski definition) is 2. The van der Waals surface area contributed by atoms with E-state index in [1.54, 1.807) is 18.2 Å². The summed E-state index contributed by atoms with van der Waals surface area (Å²) >= 11 is 11.4. The SMILES string of the molecule is CCOc1ccc(C(=O)NC(=S)Nc2ccc(N3CCN(C(=O)CC)CC3)cc2)cc1Cl. The van der Waals surface area contributed by atoms with Gasteiger partial charge in [-0.2, -0.15) is 0 Å². The summed E-state index contributed by atoms with van der Waals surface area (Å²) in [6.45, 7) is 7.32. The summed E-state index contributed by atoms with van der Waals surface area (Å²) in [6.07, 6.45) is 0.544. The topological polar surface area (TPSA) is 73.9 Å². The Morgan fingerprint density at radius 3 is 2.34 bits per heavy atom. The molecule has 2 aromatic carbocycles. The molecule has 2 N–H and O–H groups in total. The fraction of sp³-hybridized carbons (Fsp3) is 0.348. The third-order valence-corrected chi connectivity index (χ3v) is 5.65. The van der Waals surface area contributed by atoms with Gasteiger partial charge in [0.15, 0.2) is 5.11 Å². The van der Waals surface area contributed by atoms with Gasteiger partial charge >= 0.3 is 0 Å². The minimum absolute atomic E-state index is 0.194. The first kappa shape index (κ1) is 23.8. The van der Waals surface area contributed by atoms with Crippen LogP contribution in [0.1, 0.15) is 30.6 Å². The van der Waals surface area contributed by atoms with Crippen LogP contribution < -0.4 is 20.3 Å². The largest absolute Gasteiger partial charge is 0.492 e. The molecule has 2 amide bonds. The van der Waals surface area contributed by atoms with Crippen LogP contribution in [0.25, 0.3) is 0 Å². The summed E-state index contributed by atoms with van der Waals surface area (Å²) in [4.78, 5) is 28.4. The first-order valence-corrected chi connectivity index (χ1v) is 11.4. The molecule has 0 unspecified atom stereocenters. The molecule has 0 radical (unpaired) electrons. The van der Waals surface area contributed by atoms with E-state index in [2.05, 4.69) is 15.5 Å². The molecule has 3 rings (SSSR count). The molecule has 1 heterocycles. The van der Waals surface area contributed by atoms with Gasteiger partial charge in [0.05, 0.1) is 11.6 Å². The van der Waals surface area contributed by atoms with Crippen LogP contribution >= 0.6 is 23.8 Å². The summed E-state index contributed by atoms with van der Waals surface area (Å²) in [7, 11) is 0. The van der Waals surface area contributed by atoms with E-state index in [1.807, 2.05) is 43.0 Å². The number of carbonyl (C=O) groups excluding carboxylic acids is 2. The number of amides is 2. The van der Waals surface area contributed by atoms with Gasteiger partial charge in [0.25, 0.3) is 5.91 Å². The van der Waals surface area contributed by atoms with Crippen molar-refractivity contribution in [1.29, 1.82) is 0 Å². The van der Waals surface area contributed by atoms with Gasteiger partial charge in [0, 0.05) is 49.5 Å². The molecule has 1 fully saturated rings. The van der Waals surface area contributed by atoms with Gasteiger partial charge in [-0.3, -0.25) is 14.9 Å². The number of nitrogens with one attached hydrogen (secondary N) is 2. The maximum absolute atomic E-state index is 12.5. The average molecular weight is 475 g/mol. The van der Waals surface area contributed by atoms with Gasteiger partial charge in [-0.25, -0.2) is 0 Å². The molecular weight excluding hydrogens is 448 g/mol. The van der Waals surface area contributed by atoms with E-state index < -0.39 is 0 Å². The molecule has 7 nitrogen and oxygen atoms in total. The average Bonchev–Trinajstić information content (AvgIpc) is 2.80. The molecule has 0 aliphatic carbocycles. The second kappa shape index (κ2) is 11.2. The monoisotopic (exact) mass is 474 g/mol. The number of anilines is 2. The highest BCUT2D eigenvalue weighted by molar-refractivity contribution is 7.80. The summed E-state index contributed by atoms with van der Waals surface area (Å²) < 4.78 is 5.38. The zero-order chi connectivity index (χ0) is 23.1. The van der Waals surface area contributed by atoms with Crippen molar-refractivity contribution in [1.82, 2.24) is 10.2 Å². The Balaban J connectivity index is 1.52. The lowest BCUT2D eigenvalue weighted by atomic mass is 10.2. The number of nitrogens with zero attached hydrogens (tertiary/aromatic N) is 2. The Morgan fingerprint density at radius 1 is 1.06 bits per heavy atom. The number of thiocarbonyl (C=S) groups is 1. The standard InChI is InChI=1S/C23H27ClN4O3S/c1-3-21(29)28-13-11-27(12-14-28)18-8-6-17(7-9-18)25-23(32)26-22(30)16-5-10-20(31-4-2)19(24)15-16/h5-10,15H,3-4,11-14H2,1-2H3,(H2,25,26,30,32). The zero-order valence-corrected chi connectivity index (χ0v) is 19.8. The first-order valence-electron chi connectivity index (χ1n) is 10.6. The maximum atomic E-state index is 12.5. The summed E-state index contributed by atoms with van der Waals surface area (Å²) in [6, 6.07) is 12.7. The molecule has 1 saturated heterocycles. The molecular formula is C23H27ClN4O3S. The highest BCUT2D eigenvalue weighted by Gasteiger charge is 2.20. The number of ether oxygens (including phenoxy) is 1. The number of hydrogen-bond acceptors (Lipinski definition) is 5. The summed E-state index contributed by atoms with van der Waals surface area (Å²) in [5.41, 5.74) is 2.24. The molecule has 1 aliphatic heterocycles. The van der Waals surface area contributed by atoms with Gasteiger partial charge in [-0.15, -0.1) is 0 Å². The van der Waals surface area contributed by atoms with Crippen molar-refractivity contribution in [2.75, 3.05) is 43.0 Å². The van der Waals surface area contributed by atoms with Crippen molar-refractivity contribution < 1.29 is 14.3 Å². The minimum atomic E-state index is -0.358. The summed E-state index contributed by atoms with van der Waals surface area (Å²) in [5.74, 6) is 0.376. The molecule has 32 heavy (non-hydrogen) atoms. The van der Waals surface area contributed by atoms with Gasteiger partial charge in [0.2, 0.25) is 5.91 Å². The molecule has 0 aromatic heterocycles. The number of carbonyl (C=O) groups is 2. The van der Waals surface area contributed by atoms with Crippen LogP contribution in [-0.4, -0.2) is 54.6 Å². The predicted molar refractivity (Wildman–Crippen MR) is 132 cm³/mol. The quantitative estimate of drug-likeness (QED) is 0.618. The van der Waals surface area contributed by atoms with E-state index in [0.29, 0.717) is 29.4 Å². The smallest absolute Gasteiger partial charge is 0.257 e. The lowest BCUT2D eigenvalue weighted by Crippen LogP contribution is -2.48. The second-order valence-electron chi connectivity index (χ2n) is 7.25. The van der Waals surface area contributed by atoms with Crippen molar-refractivity contribution in [3.05, 3.63) is 53.1 Å². The van der Waals surface area contributed by atoms with Crippen LogP contribution in [0.2, 0.25) is 5.02 Å². The Morgan fingerprint density at radius 2 is 1.75 bits per heavy atom. The highest BCUT2D eigenvalue weighted by atomic mass is 35.5. The lowest BCUT2D eigenvalue weighted by Gasteiger charge is -2.36. The van der Waals surface area contributed by atoms with E-state index in [1.165, 1.54) is 0 Å². The first-order chi connectivity index (χ1) is 15.4. The van der Waals surface area contributed by atoms with Crippen LogP contribution in [0.4, 0.5) is 11.4 Å². The molecule has 0 atom stereocenters. The van der Waals surface area contributed by atoms with Crippen LogP contribution in [0, 0.1) is 0 Å². The molecule has 0 spiro atoms. The lowest BCUT2D eigenvalue weighted by molar-refractivity contribution is -0.131. The number of rotatable bonds is 6. The predicted octanol–water partition coefficient (Wildman–Crippen LogP) is 3.92. The van der Waals surface area contributed by atoms with E-state index in [0.717, 1.165) is 37.6 Å². The van der Waals surface area contributed by atoms with E-state index in [9.17, 15) is 9.59 Å². The van der Waals surface area contributed by atoms with Crippen LogP contribution in [-0.2, 0) is 4.79 Å². The molecule has 2 aromatic rings. The summed E-state index contributed by atoms with van der Waals surface area (Å²) in [5, 5.41) is 6.24. The van der Waals surface area contributed by atoms with Crippen molar-refractivity contribution in [3.8, 4) is 5.75 Å². The fourth-order valence-corrected chi connectivity index (χ4v) is 3.89. The van der Waals surface area contributed by atoms with Gasteiger partial charge in [-0.1, -0.05) is 18.5 Å². The third-order valence-electron chi connectivity index (χ3n) is 5.15. The van der Waals surface area contributed by atoms with E-state index >= 15 is 0 Å². The molecule has 1 aliphatic rings. The fourth-order valence-electron chi connectivity index (χ4n) is 3.45. The van der Waals surface area contributed by atoms with Gasteiger partial charge in [0.1, 0.15) is 5.75 Å². The molecule has 0 bridgehead atoms. The van der Waals surface area contributed by atoms with E-state index in [-0.39, 0.29) is 16.9 Å². The van der Waals surface area contributed by atoms with Crippen LogP contribution in [0.15, 0.2) is 42.5 Å². The Bertz CT molecular complexity index is 976. The Labute approximate surface area is 198 Å². The Hall–Kier alpha value is -2.84. The van der Waals surface area contributed by atoms with Crippen molar-refractivity contribution in [3.63, 3.8) is 0 Å². The van der Waals surface area contributed by atoms with Gasteiger partial charge < -0.3 is 19.9 Å². The van der Waals surface area contributed by atoms with Crippen molar-refractivity contribution in [2.24, 2.45) is 0 Å². The Kier molecular flexibility index (Phi) is 8.30. The molecule has 170 valence electrons. The normalized spacial score (nSPS) is 13.5. The van der Waals surface area contributed by atoms with Crippen molar-refractivity contribution in [2.45, 2.75) is 20.3 Å².